The quantitative estimate of drug-likeness (QED) is 0.525. The van der Waals surface area contributed by atoms with Gasteiger partial charge in [0.05, 0.1) is 11.0 Å². The minimum Gasteiger partial charge on any atom is -0.449 e. The van der Waals surface area contributed by atoms with Crippen LogP contribution in [0.2, 0.25) is 0 Å². The summed E-state index contributed by atoms with van der Waals surface area (Å²) in [6, 6.07) is 10.7. The summed E-state index contributed by atoms with van der Waals surface area (Å²) in [5.74, 6) is 1.25. The number of hydrogen-bond acceptors (Lipinski definition) is 5. The van der Waals surface area contributed by atoms with Crippen molar-refractivity contribution in [3.8, 4) is 11.5 Å². The van der Waals surface area contributed by atoms with Crippen molar-refractivity contribution in [2.24, 2.45) is 0 Å². The van der Waals surface area contributed by atoms with Crippen LogP contribution in [0.15, 0.2) is 36.4 Å². The zero-order valence-corrected chi connectivity index (χ0v) is 16.0. The largest absolute Gasteiger partial charge is 0.449 e. The molecule has 6 nitrogen and oxygen atoms in total. The lowest BCUT2D eigenvalue weighted by molar-refractivity contribution is -0.384. The normalized spacial score (nSPS) is 27.0. The van der Waals surface area contributed by atoms with Crippen LogP contribution in [0.5, 0.6) is 11.5 Å². The number of benzene rings is 2. The van der Waals surface area contributed by atoms with Gasteiger partial charge in [0, 0.05) is 37.5 Å². The summed E-state index contributed by atoms with van der Waals surface area (Å²) in [7, 11) is 0. The molecule has 0 N–H and O–H groups in total. The first-order valence-corrected chi connectivity index (χ1v) is 9.87. The monoisotopic (exact) mass is 381 g/mol. The van der Waals surface area contributed by atoms with E-state index in [9.17, 15) is 10.1 Å². The van der Waals surface area contributed by atoms with Gasteiger partial charge in [-0.2, -0.15) is 0 Å². The van der Waals surface area contributed by atoms with E-state index in [1.807, 2.05) is 19.9 Å². The number of hydrogen-bond donors (Lipinski definition) is 0. The molecule has 2 aliphatic heterocycles. The average Bonchev–Trinajstić information content (AvgIpc) is 3.01. The number of non-ortho nitro benzene ring substituents is 1. The van der Waals surface area contributed by atoms with Crippen molar-refractivity contribution < 1.29 is 19.1 Å². The Morgan fingerprint density at radius 1 is 1.04 bits per heavy atom. The van der Waals surface area contributed by atoms with E-state index < -0.39 is 5.79 Å². The predicted molar refractivity (Wildman–Crippen MR) is 103 cm³/mol. The van der Waals surface area contributed by atoms with Gasteiger partial charge in [-0.05, 0) is 42.2 Å². The molecular weight excluding hydrogens is 358 g/mol. The van der Waals surface area contributed by atoms with Gasteiger partial charge in [0.25, 0.3) is 5.69 Å². The fourth-order valence-corrected chi connectivity index (χ4v) is 4.79. The van der Waals surface area contributed by atoms with Crippen molar-refractivity contribution in [2.75, 3.05) is 0 Å². The maximum absolute atomic E-state index is 11.0. The molecule has 5 rings (SSSR count). The van der Waals surface area contributed by atoms with Crippen LogP contribution in [0.4, 0.5) is 5.69 Å². The van der Waals surface area contributed by atoms with E-state index >= 15 is 0 Å². The van der Waals surface area contributed by atoms with Crippen molar-refractivity contribution in [1.82, 2.24) is 0 Å². The first-order valence-electron chi connectivity index (χ1n) is 9.87. The minimum absolute atomic E-state index is 0.0859. The van der Waals surface area contributed by atoms with Crippen LogP contribution in [-0.4, -0.2) is 16.8 Å². The van der Waals surface area contributed by atoms with E-state index in [4.69, 9.17) is 14.2 Å². The van der Waals surface area contributed by atoms with E-state index in [-0.39, 0.29) is 22.8 Å². The van der Waals surface area contributed by atoms with Crippen molar-refractivity contribution >= 4 is 5.69 Å². The Hall–Kier alpha value is -2.60. The molecule has 3 aliphatic rings. The summed E-state index contributed by atoms with van der Waals surface area (Å²) in [5.41, 5.74) is 3.29. The topological polar surface area (TPSA) is 70.8 Å². The Morgan fingerprint density at radius 3 is 2.54 bits per heavy atom. The number of rotatable bonds is 2. The number of nitro benzene ring substituents is 1. The Bertz CT molecular complexity index is 937. The highest BCUT2D eigenvalue weighted by molar-refractivity contribution is 5.58. The fourth-order valence-electron chi connectivity index (χ4n) is 4.79. The fraction of sp³-hybridized carbons (Fsp3) is 0.455. The highest BCUT2D eigenvalue weighted by Gasteiger charge is 2.44. The smallest absolute Gasteiger partial charge is 0.269 e. The van der Waals surface area contributed by atoms with Crippen molar-refractivity contribution in [3.05, 3.63) is 63.2 Å². The van der Waals surface area contributed by atoms with E-state index in [2.05, 4.69) is 6.07 Å². The van der Waals surface area contributed by atoms with Gasteiger partial charge in [-0.1, -0.05) is 18.9 Å². The highest BCUT2D eigenvalue weighted by atomic mass is 16.7. The zero-order valence-electron chi connectivity index (χ0n) is 16.0. The van der Waals surface area contributed by atoms with Crippen LogP contribution in [0.3, 0.4) is 0 Å². The standard InChI is InChI=1S/C22H23NO5/c1-22(2)27-18-12-11-16-19(21(18)28-22)15-5-3-4-6-17(15)26-20(16)13-7-9-14(10-8-13)23(24)25/h7-12,15,17,20H,3-6H2,1-2H3/t15-,17+,20+/m1/s1. The van der Waals surface area contributed by atoms with E-state index in [1.165, 1.54) is 12.0 Å². The summed E-state index contributed by atoms with van der Waals surface area (Å²) in [6.07, 6.45) is 4.29. The number of ether oxygens (including phenoxy) is 3. The van der Waals surface area contributed by atoms with Crippen LogP contribution in [0, 0.1) is 10.1 Å². The molecule has 146 valence electrons. The van der Waals surface area contributed by atoms with Gasteiger partial charge in [0.2, 0.25) is 5.79 Å². The summed E-state index contributed by atoms with van der Waals surface area (Å²) in [5, 5.41) is 11.0. The van der Waals surface area contributed by atoms with Crippen LogP contribution in [0.1, 0.15) is 68.2 Å². The molecule has 28 heavy (non-hydrogen) atoms. The molecule has 0 aromatic heterocycles. The molecule has 0 bridgehead atoms. The molecule has 1 aliphatic carbocycles. The zero-order chi connectivity index (χ0) is 19.5. The number of nitro groups is 1. The van der Waals surface area contributed by atoms with E-state index in [0.717, 1.165) is 41.9 Å². The van der Waals surface area contributed by atoms with E-state index in [0.29, 0.717) is 5.92 Å². The van der Waals surface area contributed by atoms with Crippen molar-refractivity contribution in [3.63, 3.8) is 0 Å². The maximum atomic E-state index is 11.0. The summed E-state index contributed by atoms with van der Waals surface area (Å²) >= 11 is 0. The SMILES string of the molecule is CC1(C)Oc2ccc3c(c2O1)[C@@H]1CCCC[C@@H]1O[C@H]3c1ccc([N+](=O)[O-])cc1. The Kier molecular flexibility index (Phi) is 3.88. The highest BCUT2D eigenvalue weighted by Crippen LogP contribution is 2.55. The molecule has 2 aromatic rings. The van der Waals surface area contributed by atoms with E-state index in [1.54, 1.807) is 24.3 Å². The summed E-state index contributed by atoms with van der Waals surface area (Å²) in [6.45, 7) is 3.84. The number of nitrogens with zero attached hydrogens (tertiary/aromatic N) is 1. The predicted octanol–water partition coefficient (Wildman–Crippen LogP) is 5.25. The molecule has 2 heterocycles. The second-order valence-electron chi connectivity index (χ2n) is 8.29. The Morgan fingerprint density at radius 2 is 1.79 bits per heavy atom. The van der Waals surface area contributed by atoms with Gasteiger partial charge in [-0.25, -0.2) is 0 Å². The average molecular weight is 381 g/mol. The lowest BCUT2D eigenvalue weighted by Crippen LogP contribution is -2.34. The van der Waals surface area contributed by atoms with Crippen molar-refractivity contribution in [2.45, 2.75) is 63.4 Å². The summed E-state index contributed by atoms with van der Waals surface area (Å²) in [4.78, 5) is 10.6. The third-order valence-electron chi connectivity index (χ3n) is 5.97. The molecule has 3 atom stereocenters. The van der Waals surface area contributed by atoms with Crippen LogP contribution in [0.25, 0.3) is 0 Å². The first-order chi connectivity index (χ1) is 13.4. The minimum atomic E-state index is -0.678. The Balaban J connectivity index is 1.63. The first kappa shape index (κ1) is 17.5. The van der Waals surface area contributed by atoms with Gasteiger partial charge < -0.3 is 14.2 Å². The third-order valence-corrected chi connectivity index (χ3v) is 5.97. The van der Waals surface area contributed by atoms with Crippen molar-refractivity contribution in [1.29, 1.82) is 0 Å². The molecule has 1 saturated carbocycles. The van der Waals surface area contributed by atoms with Gasteiger partial charge in [0.15, 0.2) is 11.5 Å². The molecule has 0 amide bonds. The molecule has 2 aromatic carbocycles. The maximum Gasteiger partial charge on any atom is 0.269 e. The molecule has 0 saturated heterocycles. The second kappa shape index (κ2) is 6.21. The molecule has 0 unspecified atom stereocenters. The summed E-state index contributed by atoms with van der Waals surface area (Å²) < 4.78 is 18.7. The lowest BCUT2D eigenvalue weighted by atomic mass is 9.75. The molecule has 0 spiro atoms. The van der Waals surface area contributed by atoms with Gasteiger partial charge >= 0.3 is 0 Å². The molecule has 0 radical (unpaired) electrons. The lowest BCUT2D eigenvalue weighted by Gasteiger charge is -2.41. The van der Waals surface area contributed by atoms with Gasteiger partial charge in [-0.3, -0.25) is 10.1 Å². The third kappa shape index (κ3) is 2.75. The van der Waals surface area contributed by atoms with Crippen LogP contribution in [-0.2, 0) is 4.74 Å². The molecule has 6 heteroatoms. The second-order valence-corrected chi connectivity index (χ2v) is 8.29. The number of fused-ring (bicyclic) bond motifs is 5. The van der Waals surface area contributed by atoms with Gasteiger partial charge in [0.1, 0.15) is 6.10 Å². The molecule has 1 fully saturated rings. The van der Waals surface area contributed by atoms with Crippen LogP contribution < -0.4 is 9.47 Å². The van der Waals surface area contributed by atoms with Gasteiger partial charge in [-0.15, -0.1) is 0 Å². The Labute approximate surface area is 163 Å². The van der Waals surface area contributed by atoms with Crippen LogP contribution >= 0.6 is 0 Å². The molecular formula is C22H23NO5.